The number of ether oxygens (including phenoxy) is 1. The number of amides is 1. The number of methoxy groups -OCH3 is 1. The van der Waals surface area contributed by atoms with E-state index in [1.807, 2.05) is 6.92 Å². The summed E-state index contributed by atoms with van der Waals surface area (Å²) in [4.78, 5) is 43.0. The van der Waals surface area contributed by atoms with Crippen molar-refractivity contribution in [3.63, 3.8) is 0 Å². The number of nitrogens with zero attached hydrogens (tertiary/aromatic N) is 4. The SMILES string of the molecule is CCCn1c(=O)n(CC(=O)Nc2ccc(F)cc2)c(=O)c2c1nc(C)n2CCOC. The molecule has 0 bridgehead atoms. The molecule has 0 aliphatic rings. The number of halogens is 1. The molecule has 0 unspecified atom stereocenters. The summed E-state index contributed by atoms with van der Waals surface area (Å²) in [7, 11) is 1.56. The fraction of sp³-hybridized carbons (Fsp3) is 0.400. The molecule has 10 heteroatoms. The molecular formula is C20H24FN5O4. The van der Waals surface area contributed by atoms with Crippen LogP contribution in [0.3, 0.4) is 0 Å². The molecular weight excluding hydrogens is 393 g/mol. The number of benzene rings is 1. The maximum absolute atomic E-state index is 13.2. The van der Waals surface area contributed by atoms with Crippen LogP contribution in [0.5, 0.6) is 0 Å². The predicted octanol–water partition coefficient (Wildman–Crippen LogP) is 1.50. The highest BCUT2D eigenvalue weighted by molar-refractivity contribution is 5.90. The summed E-state index contributed by atoms with van der Waals surface area (Å²) in [5.41, 5.74) is -0.262. The Balaban J connectivity index is 2.06. The lowest BCUT2D eigenvalue weighted by Crippen LogP contribution is -2.43. The maximum atomic E-state index is 13.2. The van der Waals surface area contributed by atoms with Crippen LogP contribution in [0, 0.1) is 12.7 Å². The van der Waals surface area contributed by atoms with Crippen molar-refractivity contribution in [2.75, 3.05) is 19.0 Å². The van der Waals surface area contributed by atoms with Gasteiger partial charge in [0, 0.05) is 25.9 Å². The van der Waals surface area contributed by atoms with E-state index in [4.69, 9.17) is 4.74 Å². The molecule has 0 fully saturated rings. The van der Waals surface area contributed by atoms with Gasteiger partial charge in [-0.2, -0.15) is 0 Å². The summed E-state index contributed by atoms with van der Waals surface area (Å²) >= 11 is 0. The molecule has 1 amide bonds. The van der Waals surface area contributed by atoms with Crippen LogP contribution in [0.1, 0.15) is 19.2 Å². The standard InChI is InChI=1S/C20H24FN5O4/c1-4-9-25-18-17(24(10-11-30-3)13(2)22-18)19(28)26(20(25)29)12-16(27)23-15-7-5-14(21)6-8-15/h5-8H,4,9-12H2,1-3H3,(H,23,27). The van der Waals surface area contributed by atoms with E-state index in [0.29, 0.717) is 43.3 Å². The van der Waals surface area contributed by atoms with Crippen molar-refractivity contribution >= 4 is 22.8 Å². The first-order valence-electron chi connectivity index (χ1n) is 9.62. The molecule has 0 spiro atoms. The number of carbonyl (C=O) groups excluding carboxylic acids is 1. The second-order valence-corrected chi connectivity index (χ2v) is 6.86. The largest absolute Gasteiger partial charge is 0.383 e. The van der Waals surface area contributed by atoms with Gasteiger partial charge in [0.25, 0.3) is 5.56 Å². The Bertz CT molecular complexity index is 1180. The van der Waals surface area contributed by atoms with Gasteiger partial charge in [-0.3, -0.25) is 14.2 Å². The van der Waals surface area contributed by atoms with Crippen molar-refractivity contribution in [3.8, 4) is 0 Å². The van der Waals surface area contributed by atoms with Gasteiger partial charge in [0.15, 0.2) is 11.2 Å². The summed E-state index contributed by atoms with van der Waals surface area (Å²) in [6, 6.07) is 5.22. The predicted molar refractivity (Wildman–Crippen MR) is 110 cm³/mol. The number of anilines is 1. The summed E-state index contributed by atoms with van der Waals surface area (Å²) in [5.74, 6) is -0.420. The van der Waals surface area contributed by atoms with Crippen molar-refractivity contribution in [1.29, 1.82) is 0 Å². The van der Waals surface area contributed by atoms with Gasteiger partial charge in [-0.25, -0.2) is 18.7 Å². The number of hydrogen-bond donors (Lipinski definition) is 1. The highest BCUT2D eigenvalue weighted by Gasteiger charge is 2.21. The van der Waals surface area contributed by atoms with Gasteiger partial charge in [0.1, 0.15) is 18.2 Å². The minimum absolute atomic E-state index is 0.257. The minimum Gasteiger partial charge on any atom is -0.383 e. The average Bonchev–Trinajstić information content (AvgIpc) is 3.04. The van der Waals surface area contributed by atoms with Crippen LogP contribution in [-0.4, -0.2) is 38.3 Å². The van der Waals surface area contributed by atoms with Crippen molar-refractivity contribution in [3.05, 3.63) is 56.7 Å². The van der Waals surface area contributed by atoms with Crippen LogP contribution in [0.15, 0.2) is 33.9 Å². The zero-order valence-electron chi connectivity index (χ0n) is 17.1. The van der Waals surface area contributed by atoms with E-state index in [2.05, 4.69) is 10.3 Å². The van der Waals surface area contributed by atoms with Gasteiger partial charge in [0.2, 0.25) is 5.91 Å². The lowest BCUT2D eigenvalue weighted by molar-refractivity contribution is -0.116. The number of hydrogen-bond acceptors (Lipinski definition) is 5. The quantitative estimate of drug-likeness (QED) is 0.599. The molecule has 0 saturated heterocycles. The van der Waals surface area contributed by atoms with Crippen LogP contribution in [0.2, 0.25) is 0 Å². The van der Waals surface area contributed by atoms with E-state index in [1.165, 1.54) is 28.8 Å². The topological polar surface area (TPSA) is 100 Å². The van der Waals surface area contributed by atoms with Gasteiger partial charge in [-0.1, -0.05) is 6.92 Å². The second-order valence-electron chi connectivity index (χ2n) is 6.86. The molecule has 2 heterocycles. The van der Waals surface area contributed by atoms with Crippen molar-refractivity contribution in [2.24, 2.45) is 0 Å². The molecule has 30 heavy (non-hydrogen) atoms. The van der Waals surface area contributed by atoms with Gasteiger partial charge in [-0.05, 0) is 37.6 Å². The number of aryl methyl sites for hydroxylation is 2. The van der Waals surface area contributed by atoms with Crippen LogP contribution >= 0.6 is 0 Å². The molecule has 3 rings (SSSR count). The third kappa shape index (κ3) is 4.18. The summed E-state index contributed by atoms with van der Waals surface area (Å²) in [5, 5.41) is 2.57. The van der Waals surface area contributed by atoms with Crippen LogP contribution in [0.4, 0.5) is 10.1 Å². The third-order valence-electron chi connectivity index (χ3n) is 4.70. The Kier molecular flexibility index (Phi) is 6.46. The number of rotatable bonds is 8. The highest BCUT2D eigenvalue weighted by atomic mass is 19.1. The first-order chi connectivity index (χ1) is 14.4. The van der Waals surface area contributed by atoms with E-state index in [9.17, 15) is 18.8 Å². The molecule has 0 aliphatic heterocycles. The lowest BCUT2D eigenvalue weighted by atomic mass is 10.3. The fourth-order valence-corrected chi connectivity index (χ4v) is 3.30. The maximum Gasteiger partial charge on any atom is 0.333 e. The van der Waals surface area contributed by atoms with Gasteiger partial charge in [0.05, 0.1) is 6.61 Å². The molecule has 1 N–H and O–H groups in total. The Morgan fingerprint density at radius 1 is 1.13 bits per heavy atom. The summed E-state index contributed by atoms with van der Waals surface area (Å²) in [6.07, 6.45) is 0.652. The Morgan fingerprint density at radius 2 is 1.83 bits per heavy atom. The number of imidazole rings is 1. The Labute approximate surface area is 171 Å². The van der Waals surface area contributed by atoms with Crippen molar-refractivity contribution in [2.45, 2.75) is 39.9 Å². The number of carbonyl (C=O) groups is 1. The summed E-state index contributed by atoms with van der Waals surface area (Å²) in [6.45, 7) is 4.30. The molecule has 9 nitrogen and oxygen atoms in total. The third-order valence-corrected chi connectivity index (χ3v) is 4.70. The number of aromatic nitrogens is 4. The smallest absolute Gasteiger partial charge is 0.333 e. The van der Waals surface area contributed by atoms with E-state index >= 15 is 0 Å². The number of nitrogens with one attached hydrogen (secondary N) is 1. The van der Waals surface area contributed by atoms with Crippen LogP contribution in [0.25, 0.3) is 11.2 Å². The molecule has 2 aromatic heterocycles. The highest BCUT2D eigenvalue weighted by Crippen LogP contribution is 2.12. The van der Waals surface area contributed by atoms with Crippen molar-refractivity contribution in [1.82, 2.24) is 18.7 Å². The van der Waals surface area contributed by atoms with E-state index in [1.54, 1.807) is 18.6 Å². The van der Waals surface area contributed by atoms with Gasteiger partial charge < -0.3 is 14.6 Å². The number of fused-ring (bicyclic) bond motifs is 1. The Morgan fingerprint density at radius 3 is 2.47 bits per heavy atom. The molecule has 0 radical (unpaired) electrons. The molecule has 160 valence electrons. The monoisotopic (exact) mass is 417 g/mol. The van der Waals surface area contributed by atoms with Gasteiger partial charge in [-0.15, -0.1) is 0 Å². The molecule has 0 atom stereocenters. The summed E-state index contributed by atoms with van der Waals surface area (Å²) < 4.78 is 22.2. The first-order valence-corrected chi connectivity index (χ1v) is 9.62. The van der Waals surface area contributed by atoms with Crippen LogP contribution < -0.4 is 16.6 Å². The lowest BCUT2D eigenvalue weighted by Gasteiger charge is -2.12. The Hall–Kier alpha value is -3.27. The molecule has 3 aromatic rings. The fourth-order valence-electron chi connectivity index (χ4n) is 3.30. The normalized spacial score (nSPS) is 11.2. The van der Waals surface area contributed by atoms with Crippen LogP contribution in [-0.2, 0) is 29.2 Å². The molecule has 0 saturated carbocycles. The van der Waals surface area contributed by atoms with Gasteiger partial charge >= 0.3 is 5.69 Å². The molecule has 1 aromatic carbocycles. The van der Waals surface area contributed by atoms with E-state index in [0.717, 1.165) is 4.57 Å². The van der Waals surface area contributed by atoms with E-state index in [-0.39, 0.29) is 5.52 Å². The van der Waals surface area contributed by atoms with Crippen molar-refractivity contribution < 1.29 is 13.9 Å². The molecule has 0 aliphatic carbocycles. The zero-order valence-corrected chi connectivity index (χ0v) is 17.1. The second kappa shape index (κ2) is 9.04. The first kappa shape index (κ1) is 21.4. The minimum atomic E-state index is -0.597. The average molecular weight is 417 g/mol. The van der Waals surface area contributed by atoms with E-state index < -0.39 is 29.5 Å². The zero-order chi connectivity index (χ0) is 21.8.